The van der Waals surface area contributed by atoms with Gasteiger partial charge in [-0.1, -0.05) is 6.92 Å². The summed E-state index contributed by atoms with van der Waals surface area (Å²) < 4.78 is 55.0. The number of rotatable bonds is 8. The van der Waals surface area contributed by atoms with Crippen molar-refractivity contribution < 1.29 is 25.2 Å². The smallest absolute Gasteiger partial charge is 0.267 e. The predicted octanol–water partition coefficient (Wildman–Crippen LogP) is 1.13. The van der Waals surface area contributed by atoms with E-state index >= 15 is 0 Å². The van der Waals surface area contributed by atoms with Crippen LogP contribution in [-0.4, -0.2) is 40.5 Å². The highest BCUT2D eigenvalue weighted by Crippen LogP contribution is 2.18. The maximum Gasteiger partial charge on any atom is 0.267 e. The molecule has 0 aliphatic heterocycles. The highest BCUT2D eigenvalue weighted by molar-refractivity contribution is 7.86. The second-order valence-corrected chi connectivity index (χ2v) is 7.92. The first kappa shape index (κ1) is 17.8. The van der Waals surface area contributed by atoms with Gasteiger partial charge in [-0.2, -0.15) is 16.8 Å². The standard InChI is InChI=1S/C10H22O6S2/c1-6-17(11,12)15-9(4)8(3)10(5)16-18(13,14)7-2/h8-10H,6-7H2,1-5H3. The molecule has 0 amide bonds. The average Bonchev–Trinajstić information content (AvgIpc) is 2.26. The zero-order valence-corrected chi connectivity index (χ0v) is 13.0. The van der Waals surface area contributed by atoms with Gasteiger partial charge in [0, 0.05) is 5.92 Å². The molecule has 0 radical (unpaired) electrons. The average molecular weight is 302 g/mol. The first-order valence-electron chi connectivity index (χ1n) is 5.86. The van der Waals surface area contributed by atoms with Crippen LogP contribution in [0.4, 0.5) is 0 Å². The Kier molecular flexibility index (Phi) is 6.77. The molecule has 0 aliphatic rings. The van der Waals surface area contributed by atoms with Crippen LogP contribution in [0.1, 0.15) is 34.6 Å². The van der Waals surface area contributed by atoms with Crippen molar-refractivity contribution >= 4 is 20.2 Å². The second kappa shape index (κ2) is 6.83. The van der Waals surface area contributed by atoms with Crippen molar-refractivity contribution in [1.29, 1.82) is 0 Å². The molecule has 8 heteroatoms. The van der Waals surface area contributed by atoms with Gasteiger partial charge in [0.05, 0.1) is 23.7 Å². The van der Waals surface area contributed by atoms with Gasteiger partial charge < -0.3 is 0 Å². The molecule has 0 fully saturated rings. The lowest BCUT2D eigenvalue weighted by atomic mass is 10.0. The Bertz CT molecular complexity index is 397. The van der Waals surface area contributed by atoms with Crippen LogP contribution < -0.4 is 0 Å². The van der Waals surface area contributed by atoms with E-state index in [2.05, 4.69) is 0 Å². The van der Waals surface area contributed by atoms with E-state index in [1.54, 1.807) is 20.8 Å². The second-order valence-electron chi connectivity index (χ2n) is 4.15. The molecule has 0 N–H and O–H groups in total. The van der Waals surface area contributed by atoms with Crippen LogP contribution in [0, 0.1) is 5.92 Å². The fourth-order valence-corrected chi connectivity index (χ4v) is 2.70. The molecule has 0 aromatic heterocycles. The lowest BCUT2D eigenvalue weighted by molar-refractivity contribution is 0.0783. The Balaban J connectivity index is 4.61. The first-order valence-corrected chi connectivity index (χ1v) is 9.02. The molecule has 0 saturated heterocycles. The van der Waals surface area contributed by atoms with Crippen molar-refractivity contribution in [1.82, 2.24) is 0 Å². The van der Waals surface area contributed by atoms with E-state index in [1.165, 1.54) is 13.8 Å². The van der Waals surface area contributed by atoms with E-state index in [1.807, 2.05) is 0 Å². The molecular weight excluding hydrogens is 280 g/mol. The zero-order chi connectivity index (χ0) is 14.6. The van der Waals surface area contributed by atoms with Gasteiger partial charge in [-0.25, -0.2) is 0 Å². The molecule has 2 unspecified atom stereocenters. The van der Waals surface area contributed by atoms with Crippen molar-refractivity contribution in [2.45, 2.75) is 46.8 Å². The van der Waals surface area contributed by atoms with Crippen molar-refractivity contribution in [3.8, 4) is 0 Å². The molecule has 0 heterocycles. The third-order valence-electron chi connectivity index (χ3n) is 2.78. The minimum absolute atomic E-state index is 0.118. The molecule has 0 aromatic rings. The van der Waals surface area contributed by atoms with Crippen molar-refractivity contribution in [2.75, 3.05) is 11.5 Å². The van der Waals surface area contributed by atoms with Crippen LogP contribution >= 0.6 is 0 Å². The Morgan fingerprint density at radius 2 is 1.06 bits per heavy atom. The van der Waals surface area contributed by atoms with Crippen molar-refractivity contribution in [2.24, 2.45) is 5.92 Å². The Labute approximate surface area is 110 Å². The summed E-state index contributed by atoms with van der Waals surface area (Å²) in [5, 5.41) is 0. The van der Waals surface area contributed by atoms with Gasteiger partial charge in [0.2, 0.25) is 0 Å². The summed E-state index contributed by atoms with van der Waals surface area (Å²) >= 11 is 0. The molecule has 0 aliphatic carbocycles. The van der Waals surface area contributed by atoms with Crippen LogP contribution in [0.2, 0.25) is 0 Å². The van der Waals surface area contributed by atoms with Crippen LogP contribution in [0.15, 0.2) is 0 Å². The minimum atomic E-state index is -3.55. The summed E-state index contributed by atoms with van der Waals surface area (Å²) in [6, 6.07) is 0. The van der Waals surface area contributed by atoms with Gasteiger partial charge >= 0.3 is 0 Å². The molecule has 2 atom stereocenters. The topological polar surface area (TPSA) is 86.7 Å². The zero-order valence-electron chi connectivity index (χ0n) is 11.4. The Hall–Kier alpha value is -0.180. The van der Waals surface area contributed by atoms with Gasteiger partial charge in [-0.15, -0.1) is 0 Å². The fourth-order valence-electron chi connectivity index (χ4n) is 1.16. The molecule has 18 heavy (non-hydrogen) atoms. The molecular formula is C10H22O6S2. The maximum atomic E-state index is 11.3. The molecule has 110 valence electrons. The van der Waals surface area contributed by atoms with Gasteiger partial charge in [0.15, 0.2) is 0 Å². The summed E-state index contributed by atoms with van der Waals surface area (Å²) in [5.74, 6) is -0.605. The van der Waals surface area contributed by atoms with Gasteiger partial charge in [0.1, 0.15) is 0 Å². The fraction of sp³-hybridized carbons (Fsp3) is 1.00. The Morgan fingerprint density at radius 1 is 0.778 bits per heavy atom. The lowest BCUT2D eigenvalue weighted by Crippen LogP contribution is -2.33. The van der Waals surface area contributed by atoms with Crippen LogP contribution in [-0.2, 0) is 28.6 Å². The first-order chi connectivity index (χ1) is 8.04. The normalized spacial score (nSPS) is 18.3. The molecule has 0 rings (SSSR count). The van der Waals surface area contributed by atoms with E-state index in [4.69, 9.17) is 8.37 Å². The maximum absolute atomic E-state index is 11.3. The van der Waals surface area contributed by atoms with Gasteiger partial charge in [0.25, 0.3) is 20.2 Å². The molecule has 6 nitrogen and oxygen atoms in total. The Morgan fingerprint density at radius 3 is 1.28 bits per heavy atom. The van der Waals surface area contributed by atoms with Gasteiger partial charge in [-0.3, -0.25) is 8.37 Å². The van der Waals surface area contributed by atoms with E-state index in [0.29, 0.717) is 0 Å². The molecule has 0 aromatic carbocycles. The summed E-state index contributed by atoms with van der Waals surface area (Å²) in [7, 11) is -7.10. The van der Waals surface area contributed by atoms with Crippen LogP contribution in [0.3, 0.4) is 0 Å². The highest BCUT2D eigenvalue weighted by Gasteiger charge is 2.27. The number of hydrogen-bond acceptors (Lipinski definition) is 6. The summed E-state index contributed by atoms with van der Waals surface area (Å²) in [4.78, 5) is 0. The van der Waals surface area contributed by atoms with E-state index in [-0.39, 0.29) is 17.4 Å². The molecule has 0 spiro atoms. The molecule has 0 saturated carbocycles. The van der Waals surface area contributed by atoms with Crippen LogP contribution in [0.5, 0.6) is 0 Å². The summed E-state index contributed by atoms with van der Waals surface area (Å²) in [5.41, 5.74) is 0. The van der Waals surface area contributed by atoms with Crippen molar-refractivity contribution in [3.05, 3.63) is 0 Å². The monoisotopic (exact) mass is 302 g/mol. The van der Waals surface area contributed by atoms with Gasteiger partial charge in [-0.05, 0) is 27.7 Å². The third-order valence-corrected chi connectivity index (χ3v) is 5.39. The summed E-state index contributed by atoms with van der Waals surface area (Å²) in [6.07, 6.45) is -1.28. The highest BCUT2D eigenvalue weighted by atomic mass is 32.2. The lowest BCUT2D eigenvalue weighted by Gasteiger charge is -2.25. The van der Waals surface area contributed by atoms with Crippen molar-refractivity contribution in [3.63, 3.8) is 0 Å². The third kappa shape index (κ3) is 6.12. The van der Waals surface area contributed by atoms with E-state index in [9.17, 15) is 16.8 Å². The van der Waals surface area contributed by atoms with E-state index < -0.39 is 32.4 Å². The largest absolute Gasteiger partial charge is 0.267 e. The molecule has 0 bridgehead atoms. The minimum Gasteiger partial charge on any atom is -0.267 e. The SMILES string of the molecule is CCS(=O)(=O)OC(C)C(C)C(C)OS(=O)(=O)CC. The number of hydrogen-bond donors (Lipinski definition) is 0. The predicted molar refractivity (Wildman–Crippen MR) is 69.2 cm³/mol. The quantitative estimate of drug-likeness (QED) is 0.625. The van der Waals surface area contributed by atoms with E-state index in [0.717, 1.165) is 0 Å². The van der Waals surface area contributed by atoms with Crippen LogP contribution in [0.25, 0.3) is 0 Å². The summed E-state index contributed by atoms with van der Waals surface area (Å²) in [6.45, 7) is 7.81.